The Morgan fingerprint density at radius 2 is 1.67 bits per heavy atom. The lowest BCUT2D eigenvalue weighted by molar-refractivity contribution is -0.137. The molecule has 0 unspecified atom stereocenters. The Balaban J connectivity index is 1.92. The monoisotopic (exact) mass is 331 g/mol. The number of carbonyl (C=O) groups is 1. The maximum atomic E-state index is 12.8. The van der Waals surface area contributed by atoms with E-state index in [0.717, 1.165) is 23.3 Å². The first kappa shape index (κ1) is 15.9. The molecule has 0 atom stereocenters. The third kappa shape index (κ3) is 3.17. The Kier molecular flexibility index (Phi) is 3.89. The highest BCUT2D eigenvalue weighted by molar-refractivity contribution is 5.88. The van der Waals surface area contributed by atoms with Crippen molar-refractivity contribution >= 4 is 5.97 Å². The van der Waals surface area contributed by atoms with Crippen molar-refractivity contribution in [2.75, 3.05) is 0 Å². The number of carboxylic acids is 1. The molecular weight excluding hydrogens is 319 g/mol. The molecule has 0 bridgehead atoms. The summed E-state index contributed by atoms with van der Waals surface area (Å²) in [5.74, 6) is -1.01. The number of aromatic nitrogens is 1. The van der Waals surface area contributed by atoms with Crippen molar-refractivity contribution in [3.8, 4) is 16.8 Å². The summed E-state index contributed by atoms with van der Waals surface area (Å²) in [7, 11) is 0. The number of nitrogens with zero attached hydrogens (tertiary/aromatic N) is 1. The van der Waals surface area contributed by atoms with Crippen LogP contribution in [-0.4, -0.2) is 15.6 Å². The number of aromatic carboxylic acids is 1. The maximum absolute atomic E-state index is 12.8. The van der Waals surface area contributed by atoms with E-state index in [-0.39, 0.29) is 5.56 Å². The topological polar surface area (TPSA) is 42.2 Å². The summed E-state index contributed by atoms with van der Waals surface area (Å²) in [5.41, 5.74) is 1.44. The molecule has 0 saturated carbocycles. The molecule has 0 aliphatic heterocycles. The zero-order valence-corrected chi connectivity index (χ0v) is 12.3. The molecule has 0 aliphatic rings. The summed E-state index contributed by atoms with van der Waals surface area (Å²) in [6.07, 6.45) is -1.03. The highest BCUT2D eigenvalue weighted by Crippen LogP contribution is 2.31. The molecule has 2 aromatic carbocycles. The molecule has 0 fully saturated rings. The summed E-state index contributed by atoms with van der Waals surface area (Å²) in [4.78, 5) is 10.9. The highest BCUT2D eigenvalue weighted by Gasteiger charge is 2.30. The fraction of sp³-hybridized carbons (Fsp3) is 0.0556. The molecule has 1 heterocycles. The number of rotatable bonds is 3. The number of alkyl halides is 3. The van der Waals surface area contributed by atoms with Gasteiger partial charge < -0.3 is 9.67 Å². The van der Waals surface area contributed by atoms with Crippen LogP contribution in [-0.2, 0) is 6.18 Å². The molecule has 1 aromatic heterocycles. The van der Waals surface area contributed by atoms with Gasteiger partial charge in [0.05, 0.1) is 11.1 Å². The van der Waals surface area contributed by atoms with E-state index in [1.165, 1.54) is 18.2 Å². The minimum Gasteiger partial charge on any atom is -0.478 e. The van der Waals surface area contributed by atoms with Gasteiger partial charge in [0.25, 0.3) is 0 Å². The minimum atomic E-state index is -4.39. The molecule has 122 valence electrons. The Morgan fingerprint density at radius 1 is 0.958 bits per heavy atom. The van der Waals surface area contributed by atoms with Crippen LogP contribution in [0.1, 0.15) is 15.9 Å². The molecule has 0 amide bonds. The average molecular weight is 331 g/mol. The van der Waals surface area contributed by atoms with Crippen molar-refractivity contribution in [3.63, 3.8) is 0 Å². The van der Waals surface area contributed by atoms with Gasteiger partial charge in [-0.25, -0.2) is 4.79 Å². The lowest BCUT2D eigenvalue weighted by atomic mass is 10.1. The van der Waals surface area contributed by atoms with Gasteiger partial charge >= 0.3 is 12.1 Å². The highest BCUT2D eigenvalue weighted by atomic mass is 19.4. The van der Waals surface area contributed by atoms with E-state index in [1.807, 2.05) is 0 Å². The van der Waals surface area contributed by atoms with Gasteiger partial charge in [-0.2, -0.15) is 13.2 Å². The molecule has 3 nitrogen and oxygen atoms in total. The second-order valence-electron chi connectivity index (χ2n) is 5.24. The molecule has 3 aromatic rings. The van der Waals surface area contributed by atoms with E-state index in [0.29, 0.717) is 5.69 Å². The van der Waals surface area contributed by atoms with Crippen LogP contribution in [0.3, 0.4) is 0 Å². The van der Waals surface area contributed by atoms with Crippen LogP contribution in [0.2, 0.25) is 0 Å². The normalized spacial score (nSPS) is 11.5. The summed E-state index contributed by atoms with van der Waals surface area (Å²) in [6, 6.07) is 13.1. The summed E-state index contributed by atoms with van der Waals surface area (Å²) in [6.45, 7) is 0. The predicted octanol–water partition coefficient (Wildman–Crippen LogP) is 4.86. The molecule has 1 N–H and O–H groups in total. The van der Waals surface area contributed by atoms with Crippen LogP contribution in [0.15, 0.2) is 67.0 Å². The standard InChI is InChI=1S/C18H12F3NO2/c19-18(20,21)15-2-1-3-16(10-15)22-9-8-14(11-22)12-4-6-13(7-5-12)17(23)24/h1-11H,(H,23,24). The van der Waals surface area contributed by atoms with Crippen LogP contribution in [0.5, 0.6) is 0 Å². The van der Waals surface area contributed by atoms with Crippen molar-refractivity contribution in [1.29, 1.82) is 0 Å². The smallest absolute Gasteiger partial charge is 0.416 e. The number of hydrogen-bond acceptors (Lipinski definition) is 1. The first-order valence-electron chi connectivity index (χ1n) is 7.04. The largest absolute Gasteiger partial charge is 0.478 e. The van der Waals surface area contributed by atoms with E-state index >= 15 is 0 Å². The van der Waals surface area contributed by atoms with Gasteiger partial charge in [0.1, 0.15) is 0 Å². The third-order valence-corrected chi connectivity index (χ3v) is 3.63. The van der Waals surface area contributed by atoms with Crippen molar-refractivity contribution in [2.24, 2.45) is 0 Å². The van der Waals surface area contributed by atoms with Crippen molar-refractivity contribution in [2.45, 2.75) is 6.18 Å². The van der Waals surface area contributed by atoms with E-state index in [2.05, 4.69) is 0 Å². The fourth-order valence-corrected chi connectivity index (χ4v) is 2.38. The van der Waals surface area contributed by atoms with Crippen molar-refractivity contribution in [1.82, 2.24) is 4.57 Å². The van der Waals surface area contributed by atoms with Crippen LogP contribution in [0.4, 0.5) is 13.2 Å². The molecule has 0 radical (unpaired) electrons. The zero-order valence-electron chi connectivity index (χ0n) is 12.3. The van der Waals surface area contributed by atoms with Crippen LogP contribution in [0, 0.1) is 0 Å². The number of carboxylic acid groups (broad SMARTS) is 1. The molecular formula is C18H12F3NO2. The SMILES string of the molecule is O=C(O)c1ccc(-c2ccn(-c3cccc(C(F)(F)F)c3)c2)cc1. The molecule has 6 heteroatoms. The van der Waals surface area contributed by atoms with E-state index in [1.54, 1.807) is 41.2 Å². The lowest BCUT2D eigenvalue weighted by Crippen LogP contribution is -2.05. The fourth-order valence-electron chi connectivity index (χ4n) is 2.38. The molecule has 0 aliphatic carbocycles. The van der Waals surface area contributed by atoms with Crippen LogP contribution in [0.25, 0.3) is 16.8 Å². The quantitative estimate of drug-likeness (QED) is 0.744. The van der Waals surface area contributed by atoms with Crippen LogP contribution < -0.4 is 0 Å². The second kappa shape index (κ2) is 5.88. The van der Waals surface area contributed by atoms with Crippen molar-refractivity contribution < 1.29 is 23.1 Å². The van der Waals surface area contributed by atoms with Gasteiger partial charge in [-0.3, -0.25) is 0 Å². The number of halogens is 3. The average Bonchev–Trinajstić information content (AvgIpc) is 3.04. The second-order valence-corrected chi connectivity index (χ2v) is 5.24. The Hall–Kier alpha value is -3.02. The molecule has 0 spiro atoms. The predicted molar refractivity (Wildman–Crippen MR) is 83.2 cm³/mol. The maximum Gasteiger partial charge on any atom is 0.416 e. The van der Waals surface area contributed by atoms with Gasteiger partial charge in [0.2, 0.25) is 0 Å². The zero-order chi connectivity index (χ0) is 17.3. The Bertz CT molecular complexity index is 880. The third-order valence-electron chi connectivity index (χ3n) is 3.63. The Labute approximate surface area is 135 Å². The van der Waals surface area contributed by atoms with Gasteiger partial charge in [0.15, 0.2) is 0 Å². The summed E-state index contributed by atoms with van der Waals surface area (Å²) >= 11 is 0. The molecule has 0 saturated heterocycles. The molecule has 24 heavy (non-hydrogen) atoms. The van der Waals surface area contributed by atoms with Crippen molar-refractivity contribution in [3.05, 3.63) is 78.1 Å². The summed E-state index contributed by atoms with van der Waals surface area (Å²) < 4.78 is 40.0. The van der Waals surface area contributed by atoms with Gasteiger partial charge in [-0.05, 0) is 47.5 Å². The van der Waals surface area contributed by atoms with Gasteiger partial charge in [-0.1, -0.05) is 18.2 Å². The lowest BCUT2D eigenvalue weighted by Gasteiger charge is -2.09. The van der Waals surface area contributed by atoms with E-state index < -0.39 is 17.7 Å². The number of hydrogen-bond donors (Lipinski definition) is 1. The van der Waals surface area contributed by atoms with Crippen LogP contribution >= 0.6 is 0 Å². The first-order chi connectivity index (χ1) is 11.3. The first-order valence-corrected chi connectivity index (χ1v) is 7.04. The summed E-state index contributed by atoms with van der Waals surface area (Å²) in [5, 5.41) is 8.89. The Morgan fingerprint density at radius 3 is 2.29 bits per heavy atom. The van der Waals surface area contributed by atoms with Gasteiger partial charge in [0, 0.05) is 18.1 Å². The molecule has 3 rings (SSSR count). The number of benzene rings is 2. The van der Waals surface area contributed by atoms with E-state index in [9.17, 15) is 18.0 Å². The minimum absolute atomic E-state index is 0.177. The van der Waals surface area contributed by atoms with Gasteiger partial charge in [-0.15, -0.1) is 0 Å². The van der Waals surface area contributed by atoms with E-state index in [4.69, 9.17) is 5.11 Å².